The van der Waals surface area contributed by atoms with Gasteiger partial charge in [-0.3, -0.25) is 19.3 Å². The fourth-order valence-corrected chi connectivity index (χ4v) is 4.29. The molecular formula is C27H22F2N2O5S. The fraction of sp³-hybridized carbons (Fsp3) is 0.148. The first-order valence-electron chi connectivity index (χ1n) is 11.3. The van der Waals surface area contributed by atoms with Crippen LogP contribution in [0.3, 0.4) is 0 Å². The maximum absolute atomic E-state index is 13.4. The summed E-state index contributed by atoms with van der Waals surface area (Å²) in [4.78, 5) is 38.5. The molecule has 1 heterocycles. The zero-order chi connectivity index (χ0) is 26.4. The van der Waals surface area contributed by atoms with Gasteiger partial charge in [0.15, 0.2) is 11.5 Å². The van der Waals surface area contributed by atoms with Gasteiger partial charge in [-0.2, -0.15) is 0 Å². The Hall–Kier alpha value is -4.18. The predicted molar refractivity (Wildman–Crippen MR) is 136 cm³/mol. The third-order valence-electron chi connectivity index (χ3n) is 5.15. The van der Waals surface area contributed by atoms with Gasteiger partial charge in [-0.1, -0.05) is 18.2 Å². The van der Waals surface area contributed by atoms with Crippen LogP contribution in [0.4, 0.5) is 19.3 Å². The minimum atomic E-state index is -0.603. The zero-order valence-electron chi connectivity index (χ0n) is 19.7. The van der Waals surface area contributed by atoms with E-state index in [-0.39, 0.29) is 17.3 Å². The number of nitrogens with one attached hydrogen (secondary N) is 1. The van der Waals surface area contributed by atoms with E-state index in [9.17, 15) is 23.2 Å². The molecule has 0 aliphatic carbocycles. The average molecular weight is 525 g/mol. The van der Waals surface area contributed by atoms with E-state index in [0.717, 1.165) is 16.7 Å². The van der Waals surface area contributed by atoms with Crippen LogP contribution in [0.2, 0.25) is 0 Å². The summed E-state index contributed by atoms with van der Waals surface area (Å²) >= 11 is 0.721. The number of carbonyl (C=O) groups is 3. The molecule has 1 fully saturated rings. The van der Waals surface area contributed by atoms with Crippen LogP contribution in [0, 0.1) is 11.6 Å². The van der Waals surface area contributed by atoms with Crippen molar-refractivity contribution in [3.63, 3.8) is 0 Å². The smallest absolute Gasteiger partial charge is 0.294 e. The van der Waals surface area contributed by atoms with Crippen LogP contribution >= 0.6 is 11.8 Å². The molecule has 0 radical (unpaired) electrons. The van der Waals surface area contributed by atoms with Gasteiger partial charge >= 0.3 is 0 Å². The van der Waals surface area contributed by atoms with E-state index in [0.29, 0.717) is 34.9 Å². The van der Waals surface area contributed by atoms with Gasteiger partial charge in [-0.25, -0.2) is 8.78 Å². The van der Waals surface area contributed by atoms with Crippen LogP contribution in [-0.2, 0) is 16.2 Å². The number of anilines is 1. The number of thioether (sulfide) groups is 1. The Morgan fingerprint density at radius 1 is 0.973 bits per heavy atom. The molecule has 4 rings (SSSR count). The van der Waals surface area contributed by atoms with Crippen molar-refractivity contribution in [1.82, 2.24) is 4.90 Å². The molecule has 3 amide bonds. The van der Waals surface area contributed by atoms with E-state index in [1.54, 1.807) is 30.3 Å². The molecule has 10 heteroatoms. The van der Waals surface area contributed by atoms with Gasteiger partial charge in [-0.15, -0.1) is 0 Å². The molecule has 3 aromatic carbocycles. The van der Waals surface area contributed by atoms with Crippen molar-refractivity contribution >= 4 is 40.6 Å². The first kappa shape index (κ1) is 25.9. The number of benzene rings is 3. The van der Waals surface area contributed by atoms with Crippen LogP contribution in [0.15, 0.2) is 71.6 Å². The number of ether oxygens (including phenoxy) is 2. The van der Waals surface area contributed by atoms with Crippen molar-refractivity contribution in [2.24, 2.45) is 0 Å². The Balaban J connectivity index is 1.44. The topological polar surface area (TPSA) is 84.9 Å². The summed E-state index contributed by atoms with van der Waals surface area (Å²) in [5, 5.41) is 1.95. The Labute approximate surface area is 216 Å². The first-order valence-corrected chi connectivity index (χ1v) is 12.1. The van der Waals surface area contributed by atoms with Crippen LogP contribution in [0.25, 0.3) is 6.08 Å². The van der Waals surface area contributed by atoms with Gasteiger partial charge in [-0.05, 0) is 84.4 Å². The lowest BCUT2D eigenvalue weighted by Gasteiger charge is -2.13. The molecule has 0 atom stereocenters. The summed E-state index contributed by atoms with van der Waals surface area (Å²) in [6.45, 7) is 1.83. The van der Waals surface area contributed by atoms with Crippen LogP contribution < -0.4 is 14.8 Å². The van der Waals surface area contributed by atoms with E-state index < -0.39 is 29.4 Å². The maximum atomic E-state index is 13.4. The molecule has 0 bridgehead atoms. The molecule has 0 spiro atoms. The molecular weight excluding hydrogens is 502 g/mol. The Morgan fingerprint density at radius 3 is 2.49 bits per heavy atom. The number of rotatable bonds is 9. The second-order valence-electron chi connectivity index (χ2n) is 7.88. The summed E-state index contributed by atoms with van der Waals surface area (Å²) in [6, 6.07) is 16.2. The molecule has 0 saturated carbocycles. The number of imide groups is 1. The molecule has 0 aromatic heterocycles. The number of hydrogen-bond acceptors (Lipinski definition) is 6. The van der Waals surface area contributed by atoms with Gasteiger partial charge in [0.25, 0.3) is 11.1 Å². The van der Waals surface area contributed by atoms with Crippen molar-refractivity contribution in [3.8, 4) is 11.5 Å². The Morgan fingerprint density at radius 2 is 1.76 bits per heavy atom. The highest BCUT2D eigenvalue weighted by atomic mass is 32.2. The molecule has 3 aromatic rings. The first-order chi connectivity index (χ1) is 17.8. The normalized spacial score (nSPS) is 14.2. The summed E-state index contributed by atoms with van der Waals surface area (Å²) in [6.07, 6.45) is 1.53. The second-order valence-corrected chi connectivity index (χ2v) is 8.87. The lowest BCUT2D eigenvalue weighted by Crippen LogP contribution is -2.36. The minimum absolute atomic E-state index is 0.135. The van der Waals surface area contributed by atoms with Gasteiger partial charge in [0.05, 0.1) is 11.5 Å². The highest BCUT2D eigenvalue weighted by Gasteiger charge is 2.36. The number of nitrogens with zero attached hydrogens (tertiary/aromatic N) is 1. The van der Waals surface area contributed by atoms with Crippen LogP contribution in [0.1, 0.15) is 18.1 Å². The van der Waals surface area contributed by atoms with Gasteiger partial charge < -0.3 is 14.8 Å². The second kappa shape index (κ2) is 11.7. The third kappa shape index (κ3) is 6.73. The van der Waals surface area contributed by atoms with Crippen molar-refractivity contribution in [3.05, 3.63) is 94.4 Å². The third-order valence-corrected chi connectivity index (χ3v) is 6.06. The number of amides is 3. The highest BCUT2D eigenvalue weighted by Crippen LogP contribution is 2.35. The van der Waals surface area contributed by atoms with Crippen molar-refractivity contribution < 1.29 is 32.6 Å². The van der Waals surface area contributed by atoms with E-state index in [1.807, 2.05) is 6.92 Å². The van der Waals surface area contributed by atoms with Crippen LogP contribution in [-0.4, -0.2) is 35.1 Å². The zero-order valence-corrected chi connectivity index (χ0v) is 20.5. The summed E-state index contributed by atoms with van der Waals surface area (Å²) in [5.41, 5.74) is 1.59. The van der Waals surface area contributed by atoms with E-state index in [4.69, 9.17) is 9.47 Å². The van der Waals surface area contributed by atoms with E-state index in [1.165, 1.54) is 42.5 Å². The van der Waals surface area contributed by atoms with Gasteiger partial charge in [0.2, 0.25) is 5.91 Å². The molecule has 1 saturated heterocycles. The average Bonchev–Trinajstić information content (AvgIpc) is 3.12. The fourth-order valence-electron chi connectivity index (χ4n) is 3.45. The van der Waals surface area contributed by atoms with E-state index >= 15 is 0 Å². The van der Waals surface area contributed by atoms with Crippen molar-refractivity contribution in [1.29, 1.82) is 0 Å². The summed E-state index contributed by atoms with van der Waals surface area (Å²) < 4.78 is 37.9. The Kier molecular flexibility index (Phi) is 8.19. The quantitative estimate of drug-likeness (QED) is 0.366. The largest absolute Gasteiger partial charge is 0.490 e. The molecule has 1 aliphatic rings. The molecule has 37 heavy (non-hydrogen) atoms. The lowest BCUT2D eigenvalue weighted by molar-refractivity contribution is -0.127. The molecule has 1 N–H and O–H groups in total. The van der Waals surface area contributed by atoms with Gasteiger partial charge in [0.1, 0.15) is 24.8 Å². The predicted octanol–water partition coefficient (Wildman–Crippen LogP) is 5.62. The van der Waals surface area contributed by atoms with Gasteiger partial charge in [0, 0.05) is 5.69 Å². The number of halogens is 2. The van der Waals surface area contributed by atoms with Crippen molar-refractivity contribution in [2.75, 3.05) is 18.5 Å². The number of carbonyl (C=O) groups excluding carboxylic acids is 3. The Bertz CT molecular complexity index is 1360. The number of hydrogen-bond donors (Lipinski definition) is 1. The highest BCUT2D eigenvalue weighted by molar-refractivity contribution is 8.18. The SMILES string of the molecule is CCOc1cc(/C=C2\SC(=O)N(CC(=O)Nc3ccc(F)cc3)C2=O)ccc1OCc1cccc(F)c1. The van der Waals surface area contributed by atoms with Crippen molar-refractivity contribution in [2.45, 2.75) is 13.5 Å². The molecule has 1 aliphatic heterocycles. The monoisotopic (exact) mass is 524 g/mol. The summed E-state index contributed by atoms with van der Waals surface area (Å²) in [7, 11) is 0. The lowest BCUT2D eigenvalue weighted by atomic mass is 10.1. The summed E-state index contributed by atoms with van der Waals surface area (Å²) in [5.74, 6) is -1.14. The minimum Gasteiger partial charge on any atom is -0.490 e. The molecule has 7 nitrogen and oxygen atoms in total. The standard InChI is InChI=1S/C27H22F2N2O5S/c1-2-35-23-13-17(6-11-22(23)36-16-18-4-3-5-20(29)12-18)14-24-26(33)31(27(34)37-24)15-25(32)30-21-9-7-19(28)8-10-21/h3-14H,2,15-16H2,1H3,(H,30,32)/b24-14-. The van der Waals surface area contributed by atoms with E-state index in [2.05, 4.69) is 5.32 Å². The molecule has 0 unspecified atom stereocenters. The molecule has 190 valence electrons. The maximum Gasteiger partial charge on any atom is 0.294 e. The van der Waals surface area contributed by atoms with Crippen LogP contribution in [0.5, 0.6) is 11.5 Å².